The molecule has 3 rings (SSSR count). The summed E-state index contributed by atoms with van der Waals surface area (Å²) in [6, 6.07) is 14.3. The first kappa shape index (κ1) is 14.1. The summed E-state index contributed by atoms with van der Waals surface area (Å²) < 4.78 is 18.7. The molecule has 1 heterocycles. The van der Waals surface area contributed by atoms with Gasteiger partial charge in [-0.2, -0.15) is 0 Å². The summed E-state index contributed by atoms with van der Waals surface area (Å²) in [7, 11) is 0. The maximum absolute atomic E-state index is 12.9. The van der Waals surface area contributed by atoms with Crippen LogP contribution in [0.25, 0.3) is 0 Å². The van der Waals surface area contributed by atoms with Crippen molar-refractivity contribution in [3.05, 3.63) is 59.9 Å². The van der Waals surface area contributed by atoms with Gasteiger partial charge in [0.2, 0.25) is 0 Å². The summed E-state index contributed by atoms with van der Waals surface area (Å²) in [6.07, 6.45) is 3.63. The SMILES string of the molecule is Fc1ccc(Oc2cccc(CC3CCCNC3)c2)cc1. The van der Waals surface area contributed by atoms with Gasteiger partial charge in [0, 0.05) is 0 Å². The maximum Gasteiger partial charge on any atom is 0.127 e. The van der Waals surface area contributed by atoms with Gasteiger partial charge in [-0.15, -0.1) is 0 Å². The largest absolute Gasteiger partial charge is 0.457 e. The molecule has 2 nitrogen and oxygen atoms in total. The summed E-state index contributed by atoms with van der Waals surface area (Å²) >= 11 is 0. The monoisotopic (exact) mass is 285 g/mol. The lowest BCUT2D eigenvalue weighted by Gasteiger charge is -2.22. The molecular weight excluding hydrogens is 265 g/mol. The molecule has 1 saturated heterocycles. The lowest BCUT2D eigenvalue weighted by molar-refractivity contribution is 0.375. The summed E-state index contributed by atoms with van der Waals surface area (Å²) in [5.41, 5.74) is 1.29. The molecule has 0 amide bonds. The lowest BCUT2D eigenvalue weighted by Crippen LogP contribution is -2.30. The Labute approximate surface area is 125 Å². The van der Waals surface area contributed by atoms with Crippen LogP contribution in [0.3, 0.4) is 0 Å². The molecule has 0 spiro atoms. The van der Waals surface area contributed by atoms with E-state index in [4.69, 9.17) is 4.74 Å². The van der Waals surface area contributed by atoms with Crippen molar-refractivity contribution in [2.75, 3.05) is 13.1 Å². The van der Waals surface area contributed by atoms with Crippen LogP contribution >= 0.6 is 0 Å². The van der Waals surface area contributed by atoms with E-state index in [9.17, 15) is 4.39 Å². The normalized spacial score (nSPS) is 18.4. The molecule has 1 unspecified atom stereocenters. The molecule has 1 fully saturated rings. The lowest BCUT2D eigenvalue weighted by atomic mass is 9.92. The fourth-order valence-electron chi connectivity index (χ4n) is 2.81. The molecule has 0 aromatic heterocycles. The van der Waals surface area contributed by atoms with E-state index in [-0.39, 0.29) is 5.82 Å². The predicted octanol–water partition coefficient (Wildman–Crippen LogP) is 4.16. The van der Waals surface area contributed by atoms with E-state index in [0.29, 0.717) is 11.7 Å². The summed E-state index contributed by atoms with van der Waals surface area (Å²) in [5, 5.41) is 3.45. The van der Waals surface area contributed by atoms with Crippen molar-refractivity contribution in [2.45, 2.75) is 19.3 Å². The molecular formula is C18H20FNO. The highest BCUT2D eigenvalue weighted by atomic mass is 19.1. The van der Waals surface area contributed by atoms with E-state index >= 15 is 0 Å². The molecule has 3 heteroatoms. The highest BCUT2D eigenvalue weighted by molar-refractivity contribution is 5.34. The van der Waals surface area contributed by atoms with E-state index in [1.807, 2.05) is 12.1 Å². The van der Waals surface area contributed by atoms with Crippen LogP contribution in [-0.4, -0.2) is 13.1 Å². The van der Waals surface area contributed by atoms with Gasteiger partial charge in [-0.3, -0.25) is 0 Å². The molecule has 2 aromatic rings. The van der Waals surface area contributed by atoms with Gasteiger partial charge < -0.3 is 10.1 Å². The number of hydrogen-bond acceptors (Lipinski definition) is 2. The Morgan fingerprint density at radius 2 is 1.95 bits per heavy atom. The highest BCUT2D eigenvalue weighted by Crippen LogP contribution is 2.24. The Hall–Kier alpha value is -1.87. The summed E-state index contributed by atoms with van der Waals surface area (Å²) in [6.45, 7) is 2.24. The van der Waals surface area contributed by atoms with Crippen molar-refractivity contribution in [2.24, 2.45) is 5.92 Å². The molecule has 0 radical (unpaired) electrons. The second kappa shape index (κ2) is 6.72. The van der Waals surface area contributed by atoms with Crippen LogP contribution in [0.2, 0.25) is 0 Å². The van der Waals surface area contributed by atoms with Gasteiger partial charge in [0.1, 0.15) is 17.3 Å². The Morgan fingerprint density at radius 3 is 2.71 bits per heavy atom. The number of nitrogens with one attached hydrogen (secondary N) is 1. The van der Waals surface area contributed by atoms with E-state index < -0.39 is 0 Å². The number of rotatable bonds is 4. The van der Waals surface area contributed by atoms with E-state index in [2.05, 4.69) is 17.4 Å². The second-order valence-electron chi connectivity index (χ2n) is 5.62. The number of piperidine rings is 1. The number of ether oxygens (including phenoxy) is 1. The topological polar surface area (TPSA) is 21.3 Å². The molecule has 0 saturated carbocycles. The van der Waals surface area contributed by atoms with Gasteiger partial charge in [-0.25, -0.2) is 4.39 Å². The first-order valence-electron chi connectivity index (χ1n) is 7.53. The Bertz CT molecular complexity index is 576. The minimum absolute atomic E-state index is 0.249. The van der Waals surface area contributed by atoms with E-state index in [1.54, 1.807) is 12.1 Å². The molecule has 1 atom stereocenters. The zero-order chi connectivity index (χ0) is 14.5. The van der Waals surface area contributed by atoms with Gasteiger partial charge in [0.05, 0.1) is 0 Å². The Morgan fingerprint density at radius 1 is 1.10 bits per heavy atom. The van der Waals surface area contributed by atoms with Gasteiger partial charge in [0.15, 0.2) is 0 Å². The molecule has 1 aliphatic rings. The molecule has 1 N–H and O–H groups in total. The van der Waals surface area contributed by atoms with Gasteiger partial charge in [-0.05, 0) is 80.2 Å². The van der Waals surface area contributed by atoms with Crippen LogP contribution in [0, 0.1) is 11.7 Å². The second-order valence-corrected chi connectivity index (χ2v) is 5.62. The Kier molecular flexibility index (Phi) is 4.51. The third kappa shape index (κ3) is 4.05. The number of benzene rings is 2. The average Bonchev–Trinajstić information content (AvgIpc) is 2.51. The van der Waals surface area contributed by atoms with Crippen LogP contribution in [-0.2, 0) is 6.42 Å². The van der Waals surface area contributed by atoms with Crippen molar-refractivity contribution in [1.82, 2.24) is 5.32 Å². The van der Waals surface area contributed by atoms with Crippen molar-refractivity contribution >= 4 is 0 Å². The van der Waals surface area contributed by atoms with Gasteiger partial charge in [0.25, 0.3) is 0 Å². The molecule has 0 bridgehead atoms. The summed E-state index contributed by atoms with van der Waals surface area (Å²) in [4.78, 5) is 0. The maximum atomic E-state index is 12.9. The fraction of sp³-hybridized carbons (Fsp3) is 0.333. The average molecular weight is 285 g/mol. The zero-order valence-electron chi connectivity index (χ0n) is 12.0. The quantitative estimate of drug-likeness (QED) is 0.910. The minimum Gasteiger partial charge on any atom is -0.457 e. The highest BCUT2D eigenvalue weighted by Gasteiger charge is 2.13. The molecule has 1 aliphatic heterocycles. The van der Waals surface area contributed by atoms with Crippen LogP contribution in [0.5, 0.6) is 11.5 Å². The van der Waals surface area contributed by atoms with Crippen molar-refractivity contribution < 1.29 is 9.13 Å². The number of hydrogen-bond donors (Lipinski definition) is 1. The zero-order valence-corrected chi connectivity index (χ0v) is 12.0. The fourth-order valence-corrected chi connectivity index (χ4v) is 2.81. The first-order chi connectivity index (χ1) is 10.3. The standard InChI is InChI=1S/C18H20FNO/c19-16-6-8-17(9-7-16)21-18-5-1-3-14(12-18)11-15-4-2-10-20-13-15/h1,3,5-9,12,15,20H,2,4,10-11,13H2. The molecule has 21 heavy (non-hydrogen) atoms. The van der Waals surface area contributed by atoms with Crippen LogP contribution < -0.4 is 10.1 Å². The third-order valence-electron chi connectivity index (χ3n) is 3.87. The predicted molar refractivity (Wildman–Crippen MR) is 82.2 cm³/mol. The van der Waals surface area contributed by atoms with Crippen LogP contribution in [0.15, 0.2) is 48.5 Å². The van der Waals surface area contributed by atoms with Crippen molar-refractivity contribution in [3.8, 4) is 11.5 Å². The first-order valence-corrected chi connectivity index (χ1v) is 7.53. The smallest absolute Gasteiger partial charge is 0.127 e. The van der Waals surface area contributed by atoms with Crippen molar-refractivity contribution in [3.63, 3.8) is 0 Å². The van der Waals surface area contributed by atoms with Gasteiger partial charge in [-0.1, -0.05) is 12.1 Å². The van der Waals surface area contributed by atoms with Crippen LogP contribution in [0.4, 0.5) is 4.39 Å². The molecule has 2 aromatic carbocycles. The van der Waals surface area contributed by atoms with Crippen LogP contribution in [0.1, 0.15) is 18.4 Å². The Balaban J connectivity index is 1.66. The van der Waals surface area contributed by atoms with Crippen molar-refractivity contribution in [1.29, 1.82) is 0 Å². The minimum atomic E-state index is -0.249. The molecule has 0 aliphatic carbocycles. The van der Waals surface area contributed by atoms with E-state index in [1.165, 1.54) is 30.5 Å². The van der Waals surface area contributed by atoms with E-state index in [0.717, 1.165) is 25.3 Å². The third-order valence-corrected chi connectivity index (χ3v) is 3.87. The number of halogens is 1. The van der Waals surface area contributed by atoms with Gasteiger partial charge >= 0.3 is 0 Å². The summed E-state index contributed by atoms with van der Waals surface area (Å²) in [5.74, 6) is 1.93. The molecule has 110 valence electrons.